The van der Waals surface area contributed by atoms with E-state index < -0.39 is 9.84 Å². The van der Waals surface area contributed by atoms with Gasteiger partial charge in [-0.3, -0.25) is 4.79 Å². The molecule has 0 bridgehead atoms. The molecular formula is C20H22BrNO4S. The minimum atomic E-state index is -3.24. The van der Waals surface area contributed by atoms with Crippen LogP contribution in [0.3, 0.4) is 0 Å². The van der Waals surface area contributed by atoms with Crippen molar-refractivity contribution >= 4 is 37.8 Å². The molecule has 2 aromatic carbocycles. The lowest BCUT2D eigenvalue weighted by Crippen LogP contribution is -2.28. The van der Waals surface area contributed by atoms with Crippen LogP contribution in [0, 0.1) is 0 Å². The number of methoxy groups -OCH3 is 1. The van der Waals surface area contributed by atoms with Gasteiger partial charge >= 0.3 is 0 Å². The molecule has 1 amide bonds. The summed E-state index contributed by atoms with van der Waals surface area (Å²) >= 11 is 3.41. The number of hydrogen-bond acceptors (Lipinski definition) is 4. The Labute approximate surface area is 168 Å². The molecule has 0 N–H and O–H groups in total. The Bertz CT molecular complexity index is 952. The number of ether oxygens (including phenoxy) is 1. The molecule has 0 aliphatic carbocycles. The smallest absolute Gasteiger partial charge is 0.246 e. The third-order valence-corrected chi connectivity index (χ3v) is 5.94. The first kappa shape index (κ1) is 21.2. The topological polar surface area (TPSA) is 63.7 Å². The van der Waals surface area contributed by atoms with Crippen LogP contribution in [0.2, 0.25) is 0 Å². The normalized spacial score (nSPS) is 12.8. The van der Waals surface area contributed by atoms with E-state index >= 15 is 0 Å². The highest BCUT2D eigenvalue weighted by Gasteiger charge is 2.16. The Balaban J connectivity index is 2.16. The van der Waals surface area contributed by atoms with E-state index in [9.17, 15) is 13.2 Å². The van der Waals surface area contributed by atoms with E-state index in [-0.39, 0.29) is 16.8 Å². The van der Waals surface area contributed by atoms with Crippen molar-refractivity contribution in [3.63, 3.8) is 0 Å². The van der Waals surface area contributed by atoms with Gasteiger partial charge in [0.25, 0.3) is 0 Å². The van der Waals surface area contributed by atoms with Gasteiger partial charge in [0, 0.05) is 29.4 Å². The summed E-state index contributed by atoms with van der Waals surface area (Å²) in [5.41, 5.74) is 1.64. The number of carbonyl (C=O) groups excluding carboxylic acids is 1. The van der Waals surface area contributed by atoms with Crippen LogP contribution in [0.4, 0.5) is 0 Å². The molecule has 144 valence electrons. The average molecular weight is 452 g/mol. The molecule has 1 atom stereocenters. The summed E-state index contributed by atoms with van der Waals surface area (Å²) < 4.78 is 29.3. The molecule has 0 fully saturated rings. The third kappa shape index (κ3) is 5.43. The molecule has 0 aliphatic rings. The van der Waals surface area contributed by atoms with Crippen LogP contribution in [-0.4, -0.2) is 39.6 Å². The van der Waals surface area contributed by atoms with Gasteiger partial charge in [0.15, 0.2) is 9.84 Å². The number of hydrogen-bond donors (Lipinski definition) is 0. The number of benzene rings is 2. The van der Waals surface area contributed by atoms with Crippen molar-refractivity contribution < 1.29 is 17.9 Å². The summed E-state index contributed by atoms with van der Waals surface area (Å²) in [4.78, 5) is 14.4. The van der Waals surface area contributed by atoms with Gasteiger partial charge in [-0.2, -0.15) is 0 Å². The highest BCUT2D eigenvalue weighted by molar-refractivity contribution is 9.10. The standard InChI is InChI=1S/C20H22BrNO4S/c1-14(15-5-9-18(10-6-15)27(4,24)25)22(2)20(23)12-7-16-13-17(21)8-11-19(16)26-3/h5-14H,1-4H3/b12-7+. The maximum atomic E-state index is 12.5. The first-order valence-electron chi connectivity index (χ1n) is 8.22. The van der Waals surface area contributed by atoms with Gasteiger partial charge in [0.2, 0.25) is 5.91 Å². The molecule has 0 saturated heterocycles. The SMILES string of the molecule is COc1ccc(Br)cc1/C=C/C(=O)N(C)C(C)c1ccc(S(C)(=O)=O)cc1. The van der Waals surface area contributed by atoms with Gasteiger partial charge in [-0.15, -0.1) is 0 Å². The molecule has 0 radical (unpaired) electrons. The van der Waals surface area contributed by atoms with Gasteiger partial charge in [-0.1, -0.05) is 28.1 Å². The summed E-state index contributed by atoms with van der Waals surface area (Å²) in [5.74, 6) is 0.506. The first-order chi connectivity index (χ1) is 12.6. The van der Waals surface area contributed by atoms with E-state index in [1.807, 2.05) is 25.1 Å². The average Bonchev–Trinajstić information content (AvgIpc) is 2.64. The van der Waals surface area contributed by atoms with E-state index in [1.165, 1.54) is 12.3 Å². The number of rotatable bonds is 6. The first-order valence-corrected chi connectivity index (χ1v) is 10.9. The van der Waals surface area contributed by atoms with Crippen molar-refractivity contribution in [2.24, 2.45) is 0 Å². The summed E-state index contributed by atoms with van der Waals surface area (Å²) in [6, 6.07) is 11.9. The molecule has 27 heavy (non-hydrogen) atoms. The van der Waals surface area contributed by atoms with Crippen LogP contribution < -0.4 is 4.74 Å². The minimum absolute atomic E-state index is 0.170. The molecule has 2 rings (SSSR count). The Kier molecular flexibility index (Phi) is 6.84. The lowest BCUT2D eigenvalue weighted by atomic mass is 10.1. The Morgan fingerprint density at radius 3 is 2.37 bits per heavy atom. The minimum Gasteiger partial charge on any atom is -0.496 e. The van der Waals surface area contributed by atoms with Crippen molar-refractivity contribution in [2.45, 2.75) is 17.9 Å². The van der Waals surface area contributed by atoms with Gasteiger partial charge in [0.05, 0.1) is 18.0 Å². The fraction of sp³-hybridized carbons (Fsp3) is 0.250. The molecular weight excluding hydrogens is 430 g/mol. The molecule has 0 aliphatic heterocycles. The van der Waals surface area contributed by atoms with E-state index in [0.717, 1.165) is 15.6 Å². The molecule has 0 saturated carbocycles. The zero-order valence-electron chi connectivity index (χ0n) is 15.6. The second-order valence-corrected chi connectivity index (χ2v) is 9.12. The fourth-order valence-electron chi connectivity index (χ4n) is 2.52. The van der Waals surface area contributed by atoms with E-state index in [2.05, 4.69) is 15.9 Å². The van der Waals surface area contributed by atoms with Crippen molar-refractivity contribution in [3.8, 4) is 5.75 Å². The second kappa shape index (κ2) is 8.71. The third-order valence-electron chi connectivity index (χ3n) is 4.32. The quantitative estimate of drug-likeness (QED) is 0.620. The predicted molar refractivity (Wildman–Crippen MR) is 110 cm³/mol. The van der Waals surface area contributed by atoms with Gasteiger partial charge < -0.3 is 9.64 Å². The molecule has 0 aromatic heterocycles. The number of amides is 1. The molecule has 1 unspecified atom stereocenters. The zero-order valence-corrected chi connectivity index (χ0v) is 18.0. The molecule has 0 spiro atoms. The summed E-state index contributed by atoms with van der Waals surface area (Å²) in [6.07, 6.45) is 4.37. The zero-order chi connectivity index (χ0) is 20.2. The van der Waals surface area contributed by atoms with Crippen LogP contribution in [0.25, 0.3) is 6.08 Å². The van der Waals surface area contributed by atoms with Crippen molar-refractivity contribution in [2.75, 3.05) is 20.4 Å². The number of likely N-dealkylation sites (N-methyl/N-ethyl adjacent to an activating group) is 1. The highest BCUT2D eigenvalue weighted by Crippen LogP contribution is 2.25. The van der Waals surface area contributed by atoms with Crippen molar-refractivity contribution in [1.82, 2.24) is 4.90 Å². The molecule has 0 heterocycles. The summed E-state index contributed by atoms with van der Waals surface area (Å²) in [5, 5.41) is 0. The maximum Gasteiger partial charge on any atom is 0.246 e. The summed E-state index contributed by atoms with van der Waals surface area (Å²) in [7, 11) is 0.0497. The highest BCUT2D eigenvalue weighted by atomic mass is 79.9. The Morgan fingerprint density at radius 1 is 1.19 bits per heavy atom. The molecule has 2 aromatic rings. The van der Waals surface area contributed by atoms with Crippen molar-refractivity contribution in [1.29, 1.82) is 0 Å². The van der Waals surface area contributed by atoms with E-state index in [1.54, 1.807) is 49.4 Å². The van der Waals surface area contributed by atoms with Gasteiger partial charge in [-0.25, -0.2) is 8.42 Å². The number of carbonyl (C=O) groups is 1. The fourth-order valence-corrected chi connectivity index (χ4v) is 3.53. The van der Waals surface area contributed by atoms with Crippen LogP contribution in [0.5, 0.6) is 5.75 Å². The van der Waals surface area contributed by atoms with Gasteiger partial charge in [0.1, 0.15) is 5.75 Å². The Hall–Kier alpha value is -2.12. The van der Waals surface area contributed by atoms with E-state index in [0.29, 0.717) is 5.75 Å². The van der Waals surface area contributed by atoms with Crippen LogP contribution in [-0.2, 0) is 14.6 Å². The molecule has 7 heteroatoms. The molecule has 5 nitrogen and oxygen atoms in total. The lowest BCUT2D eigenvalue weighted by molar-refractivity contribution is -0.126. The van der Waals surface area contributed by atoms with Crippen LogP contribution in [0.1, 0.15) is 24.1 Å². The Morgan fingerprint density at radius 2 is 1.81 bits per heavy atom. The van der Waals surface area contributed by atoms with E-state index in [4.69, 9.17) is 4.74 Å². The second-order valence-electron chi connectivity index (χ2n) is 6.19. The van der Waals surface area contributed by atoms with Gasteiger partial charge in [-0.05, 0) is 48.9 Å². The monoisotopic (exact) mass is 451 g/mol. The van der Waals surface area contributed by atoms with Crippen LogP contribution in [0.15, 0.2) is 57.9 Å². The largest absolute Gasteiger partial charge is 0.496 e. The van der Waals surface area contributed by atoms with Crippen LogP contribution >= 0.6 is 15.9 Å². The maximum absolute atomic E-state index is 12.5. The number of halogens is 1. The van der Waals surface area contributed by atoms with Crippen molar-refractivity contribution in [3.05, 3.63) is 64.1 Å². The lowest BCUT2D eigenvalue weighted by Gasteiger charge is -2.24. The number of nitrogens with zero attached hydrogens (tertiary/aromatic N) is 1. The number of sulfone groups is 1. The predicted octanol–water partition coefficient (Wildman–Crippen LogP) is 4.09. The summed E-state index contributed by atoms with van der Waals surface area (Å²) in [6.45, 7) is 1.89.